The lowest BCUT2D eigenvalue weighted by Crippen LogP contribution is -2.41. The van der Waals surface area contributed by atoms with E-state index >= 15 is 0 Å². The van der Waals surface area contributed by atoms with E-state index in [4.69, 9.17) is 9.47 Å². The van der Waals surface area contributed by atoms with E-state index in [0.717, 1.165) is 22.8 Å². The van der Waals surface area contributed by atoms with Gasteiger partial charge < -0.3 is 19.8 Å². The number of H-pyrrole nitrogens is 1. The number of benzene rings is 1. The Bertz CT molecular complexity index is 734. The molecule has 0 saturated heterocycles. The Hall–Kier alpha value is -2.43. The number of aromatic amines is 1. The average molecular weight is 314 g/mol. The van der Waals surface area contributed by atoms with E-state index in [-0.39, 0.29) is 17.6 Å². The van der Waals surface area contributed by atoms with Gasteiger partial charge in [0.2, 0.25) is 0 Å². The zero-order valence-electron chi connectivity index (χ0n) is 13.9. The number of fused-ring (bicyclic) bond motifs is 1. The molecule has 23 heavy (non-hydrogen) atoms. The molecule has 0 spiro atoms. The molecular formula is C18H22N2O3. The van der Waals surface area contributed by atoms with Crippen molar-refractivity contribution in [2.45, 2.75) is 38.8 Å². The molecule has 0 bridgehead atoms. The summed E-state index contributed by atoms with van der Waals surface area (Å²) in [5.41, 5.74) is 2.16. The van der Waals surface area contributed by atoms with Crippen molar-refractivity contribution in [3.05, 3.63) is 47.3 Å². The number of rotatable bonds is 3. The zero-order valence-corrected chi connectivity index (χ0v) is 13.9. The molecule has 1 aliphatic rings. The van der Waals surface area contributed by atoms with E-state index in [0.29, 0.717) is 12.0 Å². The molecule has 1 amide bonds. The maximum Gasteiger partial charge on any atom is 0.253 e. The lowest BCUT2D eigenvalue weighted by atomic mass is 9.89. The Morgan fingerprint density at radius 1 is 1.39 bits per heavy atom. The minimum Gasteiger partial charge on any atom is -0.497 e. The van der Waals surface area contributed by atoms with Crippen molar-refractivity contribution in [3.63, 3.8) is 0 Å². The van der Waals surface area contributed by atoms with Gasteiger partial charge in [0.15, 0.2) is 0 Å². The van der Waals surface area contributed by atoms with Crippen LogP contribution in [0.5, 0.6) is 11.5 Å². The van der Waals surface area contributed by atoms with Gasteiger partial charge in [0, 0.05) is 29.9 Å². The molecule has 3 rings (SSSR count). The number of aromatic nitrogens is 1. The van der Waals surface area contributed by atoms with Crippen LogP contribution in [0.1, 0.15) is 47.9 Å². The molecule has 0 fully saturated rings. The molecular weight excluding hydrogens is 292 g/mol. The molecule has 1 aliphatic heterocycles. The molecule has 1 aromatic heterocycles. The van der Waals surface area contributed by atoms with Crippen LogP contribution < -0.4 is 14.8 Å². The lowest BCUT2D eigenvalue weighted by molar-refractivity contribution is 0.0617. The number of hydrogen-bond donors (Lipinski definition) is 2. The lowest BCUT2D eigenvalue weighted by Gasteiger charge is -2.38. The van der Waals surface area contributed by atoms with Crippen LogP contribution in [0.3, 0.4) is 0 Å². The van der Waals surface area contributed by atoms with E-state index in [1.54, 1.807) is 19.4 Å². The summed E-state index contributed by atoms with van der Waals surface area (Å²) < 4.78 is 11.3. The predicted molar refractivity (Wildman–Crippen MR) is 88.1 cm³/mol. The molecule has 2 aromatic rings. The Morgan fingerprint density at radius 3 is 2.83 bits per heavy atom. The largest absolute Gasteiger partial charge is 0.497 e. The molecule has 0 aliphatic carbocycles. The number of ether oxygens (including phenoxy) is 2. The van der Waals surface area contributed by atoms with Gasteiger partial charge in [0.25, 0.3) is 5.91 Å². The van der Waals surface area contributed by atoms with Gasteiger partial charge in [0.05, 0.1) is 18.7 Å². The molecule has 122 valence electrons. The van der Waals surface area contributed by atoms with Crippen LogP contribution in [-0.2, 0) is 0 Å². The van der Waals surface area contributed by atoms with Crippen LogP contribution in [0.4, 0.5) is 0 Å². The number of amides is 1. The standard InChI is InChI=1S/C18H22N2O3/c1-11-13(7-8-19-11)17(21)20-15-10-18(2,3)23-16-9-12(22-4)5-6-14(15)16/h5-9,15,19H,10H2,1-4H3,(H,20,21). The summed E-state index contributed by atoms with van der Waals surface area (Å²) >= 11 is 0. The van der Waals surface area contributed by atoms with Gasteiger partial charge >= 0.3 is 0 Å². The number of aryl methyl sites for hydroxylation is 1. The molecule has 2 heterocycles. The summed E-state index contributed by atoms with van der Waals surface area (Å²) in [6, 6.07) is 7.42. The molecule has 1 aromatic carbocycles. The van der Waals surface area contributed by atoms with E-state index in [1.165, 1.54) is 0 Å². The molecule has 0 radical (unpaired) electrons. The third kappa shape index (κ3) is 3.04. The van der Waals surface area contributed by atoms with Gasteiger partial charge in [-0.1, -0.05) is 0 Å². The second-order valence-electron chi connectivity index (χ2n) is 6.51. The van der Waals surface area contributed by atoms with Gasteiger partial charge in [-0.2, -0.15) is 0 Å². The number of hydrogen-bond acceptors (Lipinski definition) is 3. The molecule has 1 atom stereocenters. The summed E-state index contributed by atoms with van der Waals surface area (Å²) in [5, 5.41) is 3.13. The fourth-order valence-electron chi connectivity index (χ4n) is 3.02. The van der Waals surface area contributed by atoms with Crippen LogP contribution in [0.2, 0.25) is 0 Å². The highest BCUT2D eigenvalue weighted by Crippen LogP contribution is 2.41. The van der Waals surface area contributed by atoms with E-state index in [2.05, 4.69) is 10.3 Å². The first-order valence-electron chi connectivity index (χ1n) is 7.71. The van der Waals surface area contributed by atoms with E-state index in [9.17, 15) is 4.79 Å². The van der Waals surface area contributed by atoms with E-state index < -0.39 is 0 Å². The fourth-order valence-corrected chi connectivity index (χ4v) is 3.02. The van der Waals surface area contributed by atoms with Crippen molar-refractivity contribution < 1.29 is 14.3 Å². The third-order valence-electron chi connectivity index (χ3n) is 4.18. The maximum absolute atomic E-state index is 12.5. The van der Waals surface area contributed by atoms with Crippen LogP contribution in [0, 0.1) is 6.92 Å². The predicted octanol–water partition coefficient (Wildman–Crippen LogP) is 3.36. The van der Waals surface area contributed by atoms with Gasteiger partial charge in [-0.25, -0.2) is 0 Å². The molecule has 5 heteroatoms. The Kier molecular flexibility index (Phi) is 3.80. The second-order valence-corrected chi connectivity index (χ2v) is 6.51. The monoisotopic (exact) mass is 314 g/mol. The highest BCUT2D eigenvalue weighted by atomic mass is 16.5. The number of carbonyl (C=O) groups excluding carboxylic acids is 1. The first kappa shape index (κ1) is 15.5. The Labute approximate surface area is 136 Å². The first-order chi connectivity index (χ1) is 10.9. The average Bonchev–Trinajstić information content (AvgIpc) is 2.91. The molecule has 0 saturated carbocycles. The number of nitrogens with one attached hydrogen (secondary N) is 2. The van der Waals surface area contributed by atoms with Crippen molar-refractivity contribution in [1.29, 1.82) is 0 Å². The minimum absolute atomic E-state index is 0.0757. The summed E-state index contributed by atoms with van der Waals surface area (Å²) in [6.07, 6.45) is 2.48. The zero-order chi connectivity index (χ0) is 16.6. The van der Waals surface area contributed by atoms with Crippen molar-refractivity contribution in [2.24, 2.45) is 0 Å². The highest BCUT2D eigenvalue weighted by molar-refractivity contribution is 5.95. The van der Waals surface area contributed by atoms with Crippen molar-refractivity contribution in [2.75, 3.05) is 7.11 Å². The quantitative estimate of drug-likeness (QED) is 0.913. The van der Waals surface area contributed by atoms with Gasteiger partial charge in [-0.3, -0.25) is 4.79 Å². The van der Waals surface area contributed by atoms with E-state index in [1.807, 2.05) is 39.0 Å². The summed E-state index contributed by atoms with van der Waals surface area (Å²) in [6.45, 7) is 5.94. The minimum atomic E-state index is -0.357. The molecule has 1 unspecified atom stereocenters. The third-order valence-corrected chi connectivity index (χ3v) is 4.18. The van der Waals surface area contributed by atoms with Crippen LogP contribution in [0.25, 0.3) is 0 Å². The molecule has 5 nitrogen and oxygen atoms in total. The summed E-state index contributed by atoms with van der Waals surface area (Å²) in [5.74, 6) is 1.43. The first-order valence-corrected chi connectivity index (χ1v) is 7.71. The van der Waals surface area contributed by atoms with Crippen molar-refractivity contribution in [3.8, 4) is 11.5 Å². The number of carbonyl (C=O) groups is 1. The van der Waals surface area contributed by atoms with Crippen LogP contribution in [-0.4, -0.2) is 23.6 Å². The van der Waals surface area contributed by atoms with Crippen LogP contribution in [0.15, 0.2) is 30.5 Å². The summed E-state index contributed by atoms with van der Waals surface area (Å²) in [7, 11) is 1.63. The number of methoxy groups -OCH3 is 1. The van der Waals surface area contributed by atoms with Crippen molar-refractivity contribution in [1.82, 2.24) is 10.3 Å². The maximum atomic E-state index is 12.5. The van der Waals surface area contributed by atoms with Gasteiger partial charge in [-0.05, 0) is 39.0 Å². The van der Waals surface area contributed by atoms with Gasteiger partial charge in [-0.15, -0.1) is 0 Å². The second kappa shape index (κ2) is 5.65. The Balaban J connectivity index is 1.91. The highest BCUT2D eigenvalue weighted by Gasteiger charge is 2.35. The van der Waals surface area contributed by atoms with Crippen molar-refractivity contribution >= 4 is 5.91 Å². The topological polar surface area (TPSA) is 63.4 Å². The fraction of sp³-hybridized carbons (Fsp3) is 0.389. The molecule has 2 N–H and O–H groups in total. The van der Waals surface area contributed by atoms with Crippen LogP contribution >= 0.6 is 0 Å². The summed E-state index contributed by atoms with van der Waals surface area (Å²) in [4.78, 5) is 15.6. The van der Waals surface area contributed by atoms with Gasteiger partial charge in [0.1, 0.15) is 17.1 Å². The smallest absolute Gasteiger partial charge is 0.253 e. The normalized spacial score (nSPS) is 18.7. The Morgan fingerprint density at radius 2 is 2.17 bits per heavy atom. The SMILES string of the molecule is COc1ccc2c(c1)OC(C)(C)CC2NC(=O)c1cc[nH]c1C.